The Kier molecular flexibility index (Phi) is 3.08. The normalized spacial score (nSPS) is 23.4. The van der Waals surface area contributed by atoms with Crippen molar-refractivity contribution in [2.24, 2.45) is 0 Å². The summed E-state index contributed by atoms with van der Waals surface area (Å²) in [6.07, 6.45) is 0. The van der Waals surface area contributed by atoms with E-state index in [9.17, 15) is 0 Å². The fraction of sp³-hybridized carbons (Fsp3) is 1.00. The van der Waals surface area contributed by atoms with Gasteiger partial charge in [0.25, 0.3) is 0 Å². The molecule has 10 heavy (non-hydrogen) atoms. The Hall–Kier alpha value is -0.160. The van der Waals surface area contributed by atoms with Gasteiger partial charge in [0.2, 0.25) is 0 Å². The SMILES string of the molecule is CNN1CCN(NC)CC1. The highest BCUT2D eigenvalue weighted by Gasteiger charge is 2.12. The Bertz CT molecular complexity index is 75.7. The third kappa shape index (κ3) is 1.91. The molecule has 1 aliphatic rings. The van der Waals surface area contributed by atoms with Crippen molar-refractivity contribution >= 4 is 0 Å². The van der Waals surface area contributed by atoms with E-state index in [1.807, 2.05) is 14.1 Å². The lowest BCUT2D eigenvalue weighted by molar-refractivity contribution is 0.0724. The van der Waals surface area contributed by atoms with E-state index in [1.54, 1.807) is 0 Å². The Labute approximate surface area is 62.1 Å². The third-order valence-electron chi connectivity index (χ3n) is 1.91. The zero-order valence-corrected chi connectivity index (χ0v) is 6.72. The van der Waals surface area contributed by atoms with Gasteiger partial charge in [0.1, 0.15) is 0 Å². The lowest BCUT2D eigenvalue weighted by atomic mass is 10.4. The highest BCUT2D eigenvalue weighted by molar-refractivity contribution is 4.64. The topological polar surface area (TPSA) is 30.5 Å². The molecular formula is C6H16N4. The van der Waals surface area contributed by atoms with Crippen LogP contribution in [-0.2, 0) is 0 Å². The summed E-state index contributed by atoms with van der Waals surface area (Å²) < 4.78 is 0. The number of nitrogens with zero attached hydrogens (tertiary/aromatic N) is 2. The van der Waals surface area contributed by atoms with Gasteiger partial charge in [-0.2, -0.15) is 0 Å². The van der Waals surface area contributed by atoms with Crippen LogP contribution < -0.4 is 10.9 Å². The van der Waals surface area contributed by atoms with E-state index in [4.69, 9.17) is 0 Å². The molecule has 1 fully saturated rings. The molecule has 0 aromatic carbocycles. The van der Waals surface area contributed by atoms with E-state index in [-0.39, 0.29) is 0 Å². The van der Waals surface area contributed by atoms with Gasteiger partial charge in [0.05, 0.1) is 0 Å². The lowest BCUT2D eigenvalue weighted by Gasteiger charge is -2.33. The Morgan fingerprint density at radius 3 is 1.30 bits per heavy atom. The van der Waals surface area contributed by atoms with Crippen molar-refractivity contribution in [3.63, 3.8) is 0 Å². The van der Waals surface area contributed by atoms with Crippen molar-refractivity contribution in [2.45, 2.75) is 0 Å². The summed E-state index contributed by atoms with van der Waals surface area (Å²) in [4.78, 5) is 0. The van der Waals surface area contributed by atoms with Crippen LogP contribution in [0.15, 0.2) is 0 Å². The molecule has 60 valence electrons. The predicted octanol–water partition coefficient (Wildman–Crippen LogP) is -1.13. The summed E-state index contributed by atoms with van der Waals surface area (Å²) in [5.74, 6) is 0. The molecule has 4 nitrogen and oxygen atoms in total. The third-order valence-corrected chi connectivity index (χ3v) is 1.91. The molecule has 0 atom stereocenters. The molecule has 0 amide bonds. The average Bonchev–Trinajstić information content (AvgIpc) is 2.05. The lowest BCUT2D eigenvalue weighted by Crippen LogP contribution is -2.53. The largest absolute Gasteiger partial charge is 0.258 e. The molecule has 0 aromatic rings. The second-order valence-corrected chi connectivity index (χ2v) is 2.42. The van der Waals surface area contributed by atoms with E-state index in [0.717, 1.165) is 26.2 Å². The Morgan fingerprint density at radius 2 is 1.10 bits per heavy atom. The van der Waals surface area contributed by atoms with Gasteiger partial charge in [0, 0.05) is 26.2 Å². The van der Waals surface area contributed by atoms with Crippen molar-refractivity contribution in [2.75, 3.05) is 40.3 Å². The van der Waals surface area contributed by atoms with E-state index in [1.165, 1.54) is 0 Å². The summed E-state index contributed by atoms with van der Waals surface area (Å²) in [6.45, 7) is 4.38. The zero-order valence-electron chi connectivity index (χ0n) is 6.72. The Morgan fingerprint density at radius 1 is 0.800 bits per heavy atom. The quantitative estimate of drug-likeness (QED) is 0.513. The van der Waals surface area contributed by atoms with Crippen LogP contribution >= 0.6 is 0 Å². The summed E-state index contributed by atoms with van der Waals surface area (Å²) in [6, 6.07) is 0. The zero-order chi connectivity index (χ0) is 7.40. The van der Waals surface area contributed by atoms with Gasteiger partial charge in [-0.25, -0.2) is 10.0 Å². The second-order valence-electron chi connectivity index (χ2n) is 2.42. The maximum absolute atomic E-state index is 3.13. The van der Waals surface area contributed by atoms with Crippen LogP contribution in [0, 0.1) is 0 Å². The molecule has 4 heteroatoms. The van der Waals surface area contributed by atoms with Gasteiger partial charge in [-0.3, -0.25) is 10.9 Å². The van der Waals surface area contributed by atoms with E-state index in [2.05, 4.69) is 20.9 Å². The number of nitrogens with one attached hydrogen (secondary N) is 2. The minimum absolute atomic E-state index is 1.09. The molecule has 0 saturated carbocycles. The Balaban J connectivity index is 2.17. The fourth-order valence-corrected chi connectivity index (χ4v) is 1.15. The molecule has 0 radical (unpaired) electrons. The minimum atomic E-state index is 1.09. The summed E-state index contributed by atoms with van der Waals surface area (Å²) in [5, 5.41) is 4.43. The number of hydrazine groups is 2. The molecule has 0 unspecified atom stereocenters. The van der Waals surface area contributed by atoms with Crippen molar-refractivity contribution in [1.82, 2.24) is 20.9 Å². The first-order valence-corrected chi connectivity index (χ1v) is 3.71. The van der Waals surface area contributed by atoms with Crippen LogP contribution in [0.4, 0.5) is 0 Å². The number of hydrogen-bond donors (Lipinski definition) is 2. The number of piperazine rings is 1. The van der Waals surface area contributed by atoms with Crippen LogP contribution in [0.3, 0.4) is 0 Å². The monoisotopic (exact) mass is 144 g/mol. The van der Waals surface area contributed by atoms with Gasteiger partial charge < -0.3 is 0 Å². The van der Waals surface area contributed by atoms with Gasteiger partial charge in [-0.05, 0) is 14.1 Å². The standard InChI is InChI=1S/C6H16N4/c1-7-9-3-5-10(8-2)6-4-9/h7-8H,3-6H2,1-2H3. The number of rotatable bonds is 2. The van der Waals surface area contributed by atoms with Crippen molar-refractivity contribution in [1.29, 1.82) is 0 Å². The molecule has 1 heterocycles. The molecule has 0 spiro atoms. The maximum Gasteiger partial charge on any atom is 0.0273 e. The molecule has 1 saturated heterocycles. The molecule has 0 aromatic heterocycles. The van der Waals surface area contributed by atoms with Crippen LogP contribution in [0.25, 0.3) is 0 Å². The molecule has 1 aliphatic heterocycles. The van der Waals surface area contributed by atoms with Crippen LogP contribution in [-0.4, -0.2) is 50.3 Å². The minimum Gasteiger partial charge on any atom is -0.258 e. The first-order chi connectivity index (χ1) is 4.86. The highest BCUT2D eigenvalue weighted by atomic mass is 15.6. The predicted molar refractivity (Wildman–Crippen MR) is 41.3 cm³/mol. The van der Waals surface area contributed by atoms with Crippen LogP contribution in [0.5, 0.6) is 0 Å². The molecule has 0 bridgehead atoms. The average molecular weight is 144 g/mol. The van der Waals surface area contributed by atoms with E-state index >= 15 is 0 Å². The summed E-state index contributed by atoms with van der Waals surface area (Å²) in [7, 11) is 3.93. The fourth-order valence-electron chi connectivity index (χ4n) is 1.15. The first kappa shape index (κ1) is 7.94. The summed E-state index contributed by atoms with van der Waals surface area (Å²) in [5.41, 5.74) is 6.25. The van der Waals surface area contributed by atoms with Crippen molar-refractivity contribution in [3.05, 3.63) is 0 Å². The van der Waals surface area contributed by atoms with E-state index < -0.39 is 0 Å². The molecule has 1 rings (SSSR count). The van der Waals surface area contributed by atoms with Crippen LogP contribution in [0.2, 0.25) is 0 Å². The number of hydrogen-bond acceptors (Lipinski definition) is 4. The first-order valence-electron chi connectivity index (χ1n) is 3.71. The highest BCUT2D eigenvalue weighted by Crippen LogP contribution is 1.93. The van der Waals surface area contributed by atoms with Crippen LogP contribution in [0.1, 0.15) is 0 Å². The second kappa shape index (κ2) is 3.88. The van der Waals surface area contributed by atoms with Gasteiger partial charge in [-0.1, -0.05) is 0 Å². The maximum atomic E-state index is 3.13. The van der Waals surface area contributed by atoms with E-state index in [0.29, 0.717) is 0 Å². The van der Waals surface area contributed by atoms with Gasteiger partial charge in [0.15, 0.2) is 0 Å². The molecule has 2 N–H and O–H groups in total. The van der Waals surface area contributed by atoms with Crippen molar-refractivity contribution < 1.29 is 0 Å². The molecule has 0 aliphatic carbocycles. The smallest absolute Gasteiger partial charge is 0.0273 e. The summed E-state index contributed by atoms with van der Waals surface area (Å²) >= 11 is 0. The molecular weight excluding hydrogens is 128 g/mol. The van der Waals surface area contributed by atoms with Crippen molar-refractivity contribution in [3.8, 4) is 0 Å². The van der Waals surface area contributed by atoms with Gasteiger partial charge >= 0.3 is 0 Å². The van der Waals surface area contributed by atoms with Gasteiger partial charge in [-0.15, -0.1) is 0 Å².